The molecular formula is C12H25NO5Si. The smallest absolute Gasteiger partial charge is 0.321 e. The van der Waals surface area contributed by atoms with Crippen LogP contribution in [0.25, 0.3) is 0 Å². The molecule has 2 unspecified atom stereocenters. The van der Waals surface area contributed by atoms with Gasteiger partial charge in [0.1, 0.15) is 6.04 Å². The number of carboxylic acid groups (broad SMARTS) is 2. The first kappa shape index (κ1) is 18.1. The van der Waals surface area contributed by atoms with Crippen molar-refractivity contribution in [3.8, 4) is 0 Å². The molecule has 112 valence electrons. The van der Waals surface area contributed by atoms with Gasteiger partial charge in [-0.2, -0.15) is 0 Å². The highest BCUT2D eigenvalue weighted by Gasteiger charge is 2.28. The van der Waals surface area contributed by atoms with Crippen LogP contribution in [0, 0.1) is 0 Å². The Balaban J connectivity index is 4.38. The minimum absolute atomic E-state index is 0.0720. The van der Waals surface area contributed by atoms with Crippen LogP contribution in [0.2, 0.25) is 0 Å². The van der Waals surface area contributed by atoms with Crippen molar-refractivity contribution in [2.75, 3.05) is 13.7 Å². The van der Waals surface area contributed by atoms with E-state index in [0.717, 1.165) is 10.2 Å². The minimum Gasteiger partial charge on any atom is -0.481 e. The summed E-state index contributed by atoms with van der Waals surface area (Å²) in [6, 6.07) is -0.977. The Morgan fingerprint density at radius 2 is 1.84 bits per heavy atom. The highest BCUT2D eigenvalue weighted by Crippen LogP contribution is 2.11. The van der Waals surface area contributed by atoms with Gasteiger partial charge >= 0.3 is 11.9 Å². The predicted molar refractivity (Wildman–Crippen MR) is 75.5 cm³/mol. The molecule has 0 aliphatic rings. The fourth-order valence-electron chi connectivity index (χ4n) is 1.62. The Labute approximate surface area is 117 Å². The van der Waals surface area contributed by atoms with Crippen molar-refractivity contribution in [3.05, 3.63) is 0 Å². The van der Waals surface area contributed by atoms with Crippen molar-refractivity contribution < 1.29 is 24.5 Å². The summed E-state index contributed by atoms with van der Waals surface area (Å²) in [5.74, 6) is -2.19. The Kier molecular flexibility index (Phi) is 7.24. The molecule has 0 bridgehead atoms. The van der Waals surface area contributed by atoms with Crippen molar-refractivity contribution in [1.82, 2.24) is 4.90 Å². The highest BCUT2D eigenvalue weighted by atomic mass is 28.1. The molecule has 0 aliphatic carbocycles. The van der Waals surface area contributed by atoms with E-state index in [1.165, 1.54) is 0 Å². The molecule has 0 amide bonds. The van der Waals surface area contributed by atoms with E-state index in [0.29, 0.717) is 13.0 Å². The van der Waals surface area contributed by atoms with Gasteiger partial charge in [0.05, 0.1) is 12.0 Å². The summed E-state index contributed by atoms with van der Waals surface area (Å²) >= 11 is 0. The zero-order valence-corrected chi connectivity index (χ0v) is 14.3. The molecule has 0 rings (SSSR count). The second-order valence-electron chi connectivity index (χ2n) is 5.72. The van der Waals surface area contributed by atoms with E-state index in [9.17, 15) is 9.59 Å². The molecule has 0 saturated heterocycles. The van der Waals surface area contributed by atoms with Crippen molar-refractivity contribution >= 4 is 22.2 Å². The van der Waals surface area contributed by atoms with E-state index in [-0.39, 0.29) is 17.7 Å². The third-order valence-corrected chi connectivity index (χ3v) is 4.30. The zero-order chi connectivity index (χ0) is 15.2. The Morgan fingerprint density at radius 3 is 2.21 bits per heavy atom. The van der Waals surface area contributed by atoms with Gasteiger partial charge < -0.3 is 14.9 Å². The molecule has 0 aliphatic heterocycles. The Bertz CT molecular complexity index is 316. The van der Waals surface area contributed by atoms with Gasteiger partial charge in [0.15, 0.2) is 0 Å². The minimum atomic E-state index is -1.10. The molecular weight excluding hydrogens is 266 g/mol. The van der Waals surface area contributed by atoms with E-state index in [1.807, 2.05) is 20.8 Å². The summed E-state index contributed by atoms with van der Waals surface area (Å²) in [5, 5.41) is 17.8. The molecule has 7 heteroatoms. The van der Waals surface area contributed by atoms with Gasteiger partial charge in [-0.1, -0.05) is 0 Å². The first-order valence-corrected chi connectivity index (χ1v) is 7.50. The maximum absolute atomic E-state index is 11.1. The number of carbonyl (C=O) groups is 2. The van der Waals surface area contributed by atoms with E-state index >= 15 is 0 Å². The maximum atomic E-state index is 11.1. The largest absolute Gasteiger partial charge is 0.481 e. The molecule has 19 heavy (non-hydrogen) atoms. The summed E-state index contributed by atoms with van der Waals surface area (Å²) in [6.45, 7) is 6.43. The number of ether oxygens (including phenoxy) is 1. The number of nitrogens with zero attached hydrogens (tertiary/aromatic N) is 1. The average Bonchev–Trinajstić information content (AvgIpc) is 2.22. The molecule has 0 heterocycles. The third-order valence-electron chi connectivity index (χ3n) is 2.91. The quantitative estimate of drug-likeness (QED) is 0.599. The first-order chi connectivity index (χ1) is 8.54. The summed E-state index contributed by atoms with van der Waals surface area (Å²) in [7, 11) is 2.42. The standard InChI is InChI=1S/C12H25NO5Si/c1-12(2,3)18-6-5-9(19)13(4)8(11(16)17)7-10(14)15/h8-9H,5-7H2,1-4,19H3,(H,14,15)(H,16,17). The first-order valence-electron chi connectivity index (χ1n) is 6.35. The summed E-state index contributed by atoms with van der Waals surface area (Å²) in [6.07, 6.45) is 0.327. The summed E-state index contributed by atoms with van der Waals surface area (Å²) in [4.78, 5) is 23.4. The van der Waals surface area contributed by atoms with Crippen LogP contribution in [0.3, 0.4) is 0 Å². The number of likely N-dealkylation sites (N-methyl/N-ethyl adjacent to an activating group) is 1. The molecule has 2 atom stereocenters. The van der Waals surface area contributed by atoms with Gasteiger partial charge in [-0.15, -0.1) is 0 Å². The van der Waals surface area contributed by atoms with Crippen LogP contribution >= 0.6 is 0 Å². The zero-order valence-electron chi connectivity index (χ0n) is 12.3. The van der Waals surface area contributed by atoms with Crippen molar-refractivity contribution in [2.45, 2.75) is 50.9 Å². The number of hydrogen-bond donors (Lipinski definition) is 2. The predicted octanol–water partition coefficient (Wildman–Crippen LogP) is -0.257. The highest BCUT2D eigenvalue weighted by molar-refractivity contribution is 6.11. The van der Waals surface area contributed by atoms with Crippen LogP contribution in [0.1, 0.15) is 33.6 Å². The van der Waals surface area contributed by atoms with Gasteiger partial charge in [-0.05, 0) is 39.9 Å². The van der Waals surface area contributed by atoms with Crippen LogP contribution < -0.4 is 0 Å². The van der Waals surface area contributed by atoms with Gasteiger partial charge in [0.25, 0.3) is 0 Å². The van der Waals surface area contributed by atoms with Gasteiger partial charge in [-0.3, -0.25) is 14.5 Å². The number of hydrogen-bond acceptors (Lipinski definition) is 4. The number of rotatable bonds is 8. The maximum Gasteiger partial charge on any atom is 0.321 e. The average molecular weight is 291 g/mol. The van der Waals surface area contributed by atoms with E-state index in [2.05, 4.69) is 0 Å². The van der Waals surface area contributed by atoms with Crippen LogP contribution in [-0.2, 0) is 14.3 Å². The SMILES string of the molecule is CN(C([SiH3])CCOC(C)(C)C)C(CC(=O)O)C(=O)O. The van der Waals surface area contributed by atoms with Crippen molar-refractivity contribution in [2.24, 2.45) is 0 Å². The van der Waals surface area contributed by atoms with Crippen LogP contribution in [0.15, 0.2) is 0 Å². The molecule has 2 N–H and O–H groups in total. The van der Waals surface area contributed by atoms with Gasteiger partial charge in [0.2, 0.25) is 0 Å². The molecule has 0 aromatic heterocycles. The van der Waals surface area contributed by atoms with E-state index < -0.39 is 18.0 Å². The lowest BCUT2D eigenvalue weighted by atomic mass is 10.1. The topological polar surface area (TPSA) is 87.1 Å². The molecule has 0 aromatic rings. The number of aliphatic carboxylic acids is 2. The van der Waals surface area contributed by atoms with Gasteiger partial charge in [0, 0.05) is 16.8 Å². The fourth-order valence-corrected chi connectivity index (χ4v) is 2.21. The Morgan fingerprint density at radius 1 is 1.32 bits per heavy atom. The molecule has 0 fully saturated rings. The lowest BCUT2D eigenvalue weighted by Crippen LogP contribution is -2.46. The van der Waals surface area contributed by atoms with Gasteiger partial charge in [-0.25, -0.2) is 0 Å². The lowest BCUT2D eigenvalue weighted by Gasteiger charge is -2.30. The second-order valence-corrected chi connectivity index (χ2v) is 7.05. The van der Waals surface area contributed by atoms with Crippen LogP contribution in [0.4, 0.5) is 0 Å². The lowest BCUT2D eigenvalue weighted by molar-refractivity contribution is -0.149. The molecule has 0 saturated carbocycles. The monoisotopic (exact) mass is 291 g/mol. The molecule has 0 spiro atoms. The third kappa shape index (κ3) is 7.96. The Hall–Kier alpha value is -0.923. The summed E-state index contributed by atoms with van der Waals surface area (Å²) in [5.41, 5.74) is -0.143. The van der Waals surface area contributed by atoms with Crippen molar-refractivity contribution in [3.63, 3.8) is 0 Å². The molecule has 0 radical (unpaired) electrons. The molecule has 6 nitrogen and oxygen atoms in total. The van der Waals surface area contributed by atoms with E-state index in [1.54, 1.807) is 11.9 Å². The van der Waals surface area contributed by atoms with Crippen LogP contribution in [-0.4, -0.2) is 68.3 Å². The number of carboxylic acids is 2. The normalized spacial score (nSPS) is 15.4. The van der Waals surface area contributed by atoms with Crippen LogP contribution in [0.5, 0.6) is 0 Å². The summed E-state index contributed by atoms with van der Waals surface area (Å²) < 4.78 is 5.60. The second kappa shape index (κ2) is 7.61. The van der Waals surface area contributed by atoms with E-state index in [4.69, 9.17) is 14.9 Å². The molecule has 0 aromatic carbocycles. The van der Waals surface area contributed by atoms with Crippen molar-refractivity contribution in [1.29, 1.82) is 0 Å². The fraction of sp³-hybridized carbons (Fsp3) is 0.833.